The van der Waals surface area contributed by atoms with Crippen LogP contribution in [0.2, 0.25) is 20.1 Å². The van der Waals surface area contributed by atoms with Crippen LogP contribution in [0.15, 0.2) is 72.8 Å². The number of carbonyl (C=O) groups excluding carboxylic acids is 4. The first kappa shape index (κ1) is 32.1. The normalized spacial score (nSPS) is 14.2. The minimum atomic E-state index is -1.18. The molecule has 0 saturated heterocycles. The zero-order valence-electron chi connectivity index (χ0n) is 25.7. The van der Waals surface area contributed by atoms with Gasteiger partial charge < -0.3 is 10.2 Å². The van der Waals surface area contributed by atoms with Crippen LogP contribution < -0.4 is 9.80 Å². The number of anilines is 2. The summed E-state index contributed by atoms with van der Waals surface area (Å²) in [6.45, 7) is 0. The summed E-state index contributed by atoms with van der Waals surface area (Å²) in [6.07, 6.45) is 0. The molecule has 252 valence electrons. The highest BCUT2D eigenvalue weighted by Gasteiger charge is 2.40. The second kappa shape index (κ2) is 10.9. The fourth-order valence-electron chi connectivity index (χ4n) is 7.43. The number of amides is 4. The number of aromatic carboxylic acids is 2. The van der Waals surface area contributed by atoms with E-state index in [1.54, 1.807) is 0 Å². The van der Waals surface area contributed by atoms with Gasteiger partial charge in [-0.05, 0) is 72.8 Å². The van der Waals surface area contributed by atoms with Crippen LogP contribution in [0, 0.1) is 0 Å². The van der Waals surface area contributed by atoms with E-state index in [0.717, 1.165) is 9.80 Å². The fourth-order valence-corrected chi connectivity index (χ4v) is 8.63. The number of carboxylic acids is 2. The average Bonchev–Trinajstić information content (AvgIpc) is 3.11. The summed E-state index contributed by atoms with van der Waals surface area (Å²) in [5, 5.41) is 21.2. The van der Waals surface area contributed by atoms with Crippen molar-refractivity contribution in [3.8, 4) is 0 Å². The summed E-state index contributed by atoms with van der Waals surface area (Å²) >= 11 is 28.1. The molecule has 0 unspecified atom stereocenters. The number of fused-ring (bicyclic) bond motifs is 2. The highest BCUT2D eigenvalue weighted by molar-refractivity contribution is 6.57. The van der Waals surface area contributed by atoms with Crippen LogP contribution in [-0.4, -0.2) is 45.8 Å². The molecule has 0 fully saturated rings. The van der Waals surface area contributed by atoms with Gasteiger partial charge in [0.2, 0.25) is 0 Å². The highest BCUT2D eigenvalue weighted by atomic mass is 35.5. The zero-order valence-corrected chi connectivity index (χ0v) is 28.7. The molecule has 0 bridgehead atoms. The quantitative estimate of drug-likeness (QED) is 0.102. The van der Waals surface area contributed by atoms with E-state index in [2.05, 4.69) is 0 Å². The molecular weight excluding hydrogens is 754 g/mol. The molecule has 7 aromatic carbocycles. The Morgan fingerprint density at radius 2 is 0.654 bits per heavy atom. The maximum atomic E-state index is 14.1. The van der Waals surface area contributed by atoms with Crippen LogP contribution >= 0.6 is 46.4 Å². The van der Waals surface area contributed by atoms with Crippen molar-refractivity contribution < 1.29 is 39.0 Å². The Kier molecular flexibility index (Phi) is 6.72. The molecule has 7 aromatic rings. The summed E-state index contributed by atoms with van der Waals surface area (Å²) in [4.78, 5) is 81.1. The lowest BCUT2D eigenvalue weighted by atomic mass is 9.82. The number of rotatable bonds is 4. The predicted molar refractivity (Wildman–Crippen MR) is 197 cm³/mol. The minimum absolute atomic E-state index is 0.0382. The summed E-state index contributed by atoms with van der Waals surface area (Å²) < 4.78 is 0. The van der Waals surface area contributed by atoms with Crippen molar-refractivity contribution in [2.75, 3.05) is 9.80 Å². The zero-order chi connectivity index (χ0) is 36.7. The predicted octanol–water partition coefficient (Wildman–Crippen LogP) is 9.35. The van der Waals surface area contributed by atoms with Crippen molar-refractivity contribution in [2.45, 2.75) is 0 Å². The third-order valence-corrected chi connectivity index (χ3v) is 10.8. The van der Waals surface area contributed by atoms with Gasteiger partial charge >= 0.3 is 11.9 Å². The van der Waals surface area contributed by atoms with Gasteiger partial charge in [0.1, 0.15) is 0 Å². The third kappa shape index (κ3) is 4.08. The van der Waals surface area contributed by atoms with Gasteiger partial charge in [-0.1, -0.05) is 46.4 Å². The smallest absolute Gasteiger partial charge is 0.335 e. The van der Waals surface area contributed by atoms with Gasteiger partial charge in [0.25, 0.3) is 23.6 Å². The Balaban J connectivity index is 1.34. The number of hydrogen-bond acceptors (Lipinski definition) is 6. The van der Waals surface area contributed by atoms with Crippen molar-refractivity contribution in [3.05, 3.63) is 126 Å². The third-order valence-electron chi connectivity index (χ3n) is 9.60. The Morgan fingerprint density at radius 1 is 0.404 bits per heavy atom. The van der Waals surface area contributed by atoms with Crippen LogP contribution in [0.4, 0.5) is 11.4 Å². The van der Waals surface area contributed by atoms with Gasteiger partial charge in [0.05, 0.1) is 44.8 Å². The van der Waals surface area contributed by atoms with E-state index in [4.69, 9.17) is 46.4 Å². The number of nitrogens with zero attached hydrogens (tertiary/aromatic N) is 2. The Morgan fingerprint density at radius 3 is 0.885 bits per heavy atom. The van der Waals surface area contributed by atoms with Gasteiger partial charge in [-0.2, -0.15) is 0 Å². The lowest BCUT2D eigenvalue weighted by Gasteiger charge is -2.31. The van der Waals surface area contributed by atoms with Gasteiger partial charge in [-0.25, -0.2) is 19.4 Å². The van der Waals surface area contributed by atoms with E-state index in [0.29, 0.717) is 32.3 Å². The average molecular weight is 768 g/mol. The molecule has 0 radical (unpaired) electrons. The lowest BCUT2D eigenvalue weighted by molar-refractivity contribution is 0.0686. The molecule has 14 heteroatoms. The molecule has 2 heterocycles. The molecule has 0 aliphatic carbocycles. The van der Waals surface area contributed by atoms with E-state index >= 15 is 0 Å². The number of benzene rings is 7. The molecule has 4 amide bonds. The molecule has 0 atom stereocenters. The number of carbonyl (C=O) groups is 6. The first-order valence-electron chi connectivity index (χ1n) is 15.2. The van der Waals surface area contributed by atoms with E-state index < -0.39 is 35.6 Å². The van der Waals surface area contributed by atoms with Crippen LogP contribution in [0.5, 0.6) is 0 Å². The summed E-state index contributed by atoms with van der Waals surface area (Å²) in [7, 11) is 0. The van der Waals surface area contributed by atoms with E-state index in [9.17, 15) is 39.0 Å². The van der Waals surface area contributed by atoms with Crippen LogP contribution in [-0.2, 0) is 0 Å². The molecule has 0 saturated carbocycles. The molecule has 2 N–H and O–H groups in total. The number of halogens is 4. The molecule has 0 aromatic heterocycles. The molecule has 2 aliphatic rings. The largest absolute Gasteiger partial charge is 0.478 e. The fraction of sp³-hybridized carbons (Fsp3) is 0. The van der Waals surface area contributed by atoms with Crippen molar-refractivity contribution in [1.82, 2.24) is 0 Å². The second-order valence-electron chi connectivity index (χ2n) is 12.2. The maximum absolute atomic E-state index is 14.1. The van der Waals surface area contributed by atoms with Crippen LogP contribution in [0.1, 0.15) is 62.1 Å². The first-order valence-corrected chi connectivity index (χ1v) is 16.7. The highest BCUT2D eigenvalue weighted by Crippen LogP contribution is 2.54. The molecule has 0 spiro atoms. The van der Waals surface area contributed by atoms with Crippen molar-refractivity contribution >= 4 is 136 Å². The Hall–Kier alpha value is -5.78. The first-order chi connectivity index (χ1) is 24.8. The summed E-state index contributed by atoms with van der Waals surface area (Å²) in [5.74, 6) is -5.23. The minimum Gasteiger partial charge on any atom is -0.478 e. The Labute approximate surface area is 310 Å². The van der Waals surface area contributed by atoms with Crippen LogP contribution in [0.3, 0.4) is 0 Å². The molecule has 52 heavy (non-hydrogen) atoms. The van der Waals surface area contributed by atoms with Crippen molar-refractivity contribution in [1.29, 1.82) is 0 Å². The SMILES string of the molecule is O=C(O)c1ccc(N2C(=O)c3cc(Cl)c4c5c(Cl)cc6c7c(cc(Cl)c(c8c(Cl)cc(c3c48)C2=O)c75)C(=O)N(c2ccc(C(=O)O)cc2)C6=O)cc1. The second-order valence-corrected chi connectivity index (χ2v) is 13.8. The van der Waals surface area contributed by atoms with Crippen molar-refractivity contribution in [2.24, 2.45) is 0 Å². The monoisotopic (exact) mass is 766 g/mol. The summed E-state index contributed by atoms with van der Waals surface area (Å²) in [5.41, 5.74) is 0.438. The van der Waals surface area contributed by atoms with E-state index in [-0.39, 0.29) is 75.6 Å². The van der Waals surface area contributed by atoms with Gasteiger partial charge in [-0.15, -0.1) is 0 Å². The summed E-state index contributed by atoms with van der Waals surface area (Å²) in [6, 6.07) is 16.1. The molecular formula is C38H14Cl4N2O8. The van der Waals surface area contributed by atoms with Gasteiger partial charge in [0, 0.05) is 63.2 Å². The topological polar surface area (TPSA) is 149 Å². The standard InChI is InChI=1S/C38H14Cl4N2O8/c39-21-9-17-25-18(34(46)43(33(17)45)15-5-1-13(2-6-15)37(49)50)10-22(40)28-30-24(42)12-20-26-19(11-23(41)29(32(26)30)27(21)31(25)28)35(47)44(36(20)48)16-7-3-14(4-8-16)38(51)52/h1-12H,(H,49,50)(H,51,52). The van der Waals surface area contributed by atoms with Gasteiger partial charge in [-0.3, -0.25) is 19.2 Å². The number of hydrogen-bond donors (Lipinski definition) is 2. The van der Waals surface area contributed by atoms with Crippen LogP contribution in [0.25, 0.3) is 43.1 Å². The molecule has 2 aliphatic heterocycles. The van der Waals surface area contributed by atoms with E-state index in [1.807, 2.05) is 0 Å². The number of imide groups is 2. The van der Waals surface area contributed by atoms with Gasteiger partial charge in [0.15, 0.2) is 0 Å². The number of carboxylic acid groups (broad SMARTS) is 2. The Bertz CT molecular complexity index is 2590. The maximum Gasteiger partial charge on any atom is 0.335 e. The van der Waals surface area contributed by atoms with Crippen molar-refractivity contribution in [3.63, 3.8) is 0 Å². The van der Waals surface area contributed by atoms with E-state index in [1.165, 1.54) is 72.8 Å². The molecule has 9 rings (SSSR count). The lowest BCUT2D eigenvalue weighted by Crippen LogP contribution is -2.40. The molecule has 10 nitrogen and oxygen atoms in total.